The summed E-state index contributed by atoms with van der Waals surface area (Å²) in [4.78, 5) is 27.2. The van der Waals surface area contributed by atoms with E-state index >= 15 is 0 Å². The lowest BCUT2D eigenvalue weighted by molar-refractivity contribution is 0.0904. The van der Waals surface area contributed by atoms with E-state index in [9.17, 15) is 9.59 Å². The van der Waals surface area contributed by atoms with Crippen LogP contribution in [0.25, 0.3) is 10.8 Å². The number of aromatic nitrogens is 1. The van der Waals surface area contributed by atoms with E-state index in [4.69, 9.17) is 0 Å². The highest BCUT2D eigenvalue weighted by molar-refractivity contribution is 5.96. The van der Waals surface area contributed by atoms with Gasteiger partial charge in [0.2, 0.25) is 0 Å². The van der Waals surface area contributed by atoms with E-state index in [0.717, 1.165) is 18.2 Å². The van der Waals surface area contributed by atoms with Crippen LogP contribution in [0, 0.1) is 0 Å². The summed E-state index contributed by atoms with van der Waals surface area (Å²) >= 11 is 0. The standard InChI is InChI=1S/C20H18N2O2/c23-19-17-9-5-4-8-14(17)12-18(22-19)20(24)21-16-10-15(11-16)13-6-2-1-3-7-13/h1-9,12,15-16H,10-11H2,(H,21,24)(H,22,23). The van der Waals surface area contributed by atoms with Crippen LogP contribution in [0.5, 0.6) is 0 Å². The van der Waals surface area contributed by atoms with Crippen molar-refractivity contribution in [2.75, 3.05) is 0 Å². The number of carbonyl (C=O) groups excluding carboxylic acids is 1. The zero-order chi connectivity index (χ0) is 16.5. The number of rotatable bonds is 3. The minimum absolute atomic E-state index is 0.165. The van der Waals surface area contributed by atoms with Gasteiger partial charge in [0.1, 0.15) is 5.69 Å². The quantitative estimate of drug-likeness (QED) is 0.779. The van der Waals surface area contributed by atoms with E-state index < -0.39 is 0 Å². The second kappa shape index (κ2) is 5.96. The van der Waals surface area contributed by atoms with Gasteiger partial charge < -0.3 is 10.3 Å². The van der Waals surface area contributed by atoms with Crippen LogP contribution >= 0.6 is 0 Å². The first kappa shape index (κ1) is 14.7. The molecule has 4 rings (SSSR count). The molecule has 0 aliphatic heterocycles. The lowest BCUT2D eigenvalue weighted by Crippen LogP contribution is -2.43. The SMILES string of the molecule is O=C(NC1CC(c2ccccc2)C1)c1cc2ccccc2c(=O)[nH]1. The molecule has 24 heavy (non-hydrogen) atoms. The summed E-state index contributed by atoms with van der Waals surface area (Å²) in [5.74, 6) is 0.293. The van der Waals surface area contributed by atoms with Crippen LogP contribution in [0.2, 0.25) is 0 Å². The third-order valence-electron chi connectivity index (χ3n) is 4.74. The van der Waals surface area contributed by atoms with E-state index in [-0.39, 0.29) is 17.5 Å². The summed E-state index contributed by atoms with van der Waals surface area (Å²) in [6.45, 7) is 0. The minimum Gasteiger partial charge on any atom is -0.348 e. The van der Waals surface area contributed by atoms with Crippen LogP contribution in [-0.4, -0.2) is 16.9 Å². The highest BCUT2D eigenvalue weighted by Crippen LogP contribution is 2.36. The van der Waals surface area contributed by atoms with Crippen molar-refractivity contribution in [1.82, 2.24) is 10.3 Å². The van der Waals surface area contributed by atoms with E-state index in [1.807, 2.05) is 36.4 Å². The Morgan fingerprint density at radius 1 is 1.00 bits per heavy atom. The maximum absolute atomic E-state index is 12.4. The van der Waals surface area contributed by atoms with Gasteiger partial charge in [0, 0.05) is 11.4 Å². The molecule has 0 saturated heterocycles. The minimum atomic E-state index is -0.228. The normalized spacial score (nSPS) is 19.7. The molecule has 1 aliphatic rings. The molecule has 2 N–H and O–H groups in total. The van der Waals surface area contributed by atoms with Gasteiger partial charge in [0.05, 0.1) is 0 Å². The number of H-pyrrole nitrogens is 1. The Labute approximate surface area is 139 Å². The first-order chi connectivity index (χ1) is 11.7. The Morgan fingerprint density at radius 3 is 2.50 bits per heavy atom. The van der Waals surface area contributed by atoms with Crippen molar-refractivity contribution in [2.24, 2.45) is 0 Å². The molecule has 3 aromatic rings. The molecule has 1 heterocycles. The summed E-state index contributed by atoms with van der Waals surface area (Å²) in [7, 11) is 0. The maximum Gasteiger partial charge on any atom is 0.268 e. The molecule has 1 aromatic heterocycles. The van der Waals surface area contributed by atoms with Crippen molar-refractivity contribution in [3.63, 3.8) is 0 Å². The van der Waals surface area contributed by atoms with Crippen LogP contribution in [0.1, 0.15) is 34.8 Å². The fourth-order valence-electron chi connectivity index (χ4n) is 3.33. The zero-order valence-corrected chi connectivity index (χ0v) is 13.2. The van der Waals surface area contributed by atoms with Crippen LogP contribution in [0.15, 0.2) is 65.5 Å². The Bertz CT molecular complexity index is 941. The highest BCUT2D eigenvalue weighted by atomic mass is 16.2. The van der Waals surface area contributed by atoms with Gasteiger partial charge in [0.15, 0.2) is 0 Å². The van der Waals surface area contributed by atoms with Gasteiger partial charge in [-0.25, -0.2) is 0 Å². The molecule has 1 saturated carbocycles. The summed E-state index contributed by atoms with van der Waals surface area (Å²) in [5.41, 5.74) is 1.41. The Kier molecular flexibility index (Phi) is 3.65. The first-order valence-electron chi connectivity index (χ1n) is 8.18. The number of hydrogen-bond donors (Lipinski definition) is 2. The van der Waals surface area contributed by atoms with Crippen molar-refractivity contribution in [1.29, 1.82) is 0 Å². The Morgan fingerprint density at radius 2 is 1.71 bits per heavy atom. The molecule has 0 unspecified atom stereocenters. The van der Waals surface area contributed by atoms with Crippen LogP contribution in [0.3, 0.4) is 0 Å². The number of pyridine rings is 1. The number of aromatic amines is 1. The molecule has 2 aromatic carbocycles. The van der Waals surface area contributed by atoms with Gasteiger partial charge in [-0.15, -0.1) is 0 Å². The summed E-state index contributed by atoms with van der Waals surface area (Å²) in [5, 5.41) is 4.39. The second-order valence-electron chi connectivity index (χ2n) is 6.35. The van der Waals surface area contributed by atoms with Crippen LogP contribution in [0.4, 0.5) is 0 Å². The molecule has 0 radical (unpaired) electrons. The molecular formula is C20H18N2O2. The molecule has 120 valence electrons. The number of hydrogen-bond acceptors (Lipinski definition) is 2. The third-order valence-corrected chi connectivity index (χ3v) is 4.74. The predicted octanol–water partition coefficient (Wildman–Crippen LogP) is 3.20. The number of fused-ring (bicyclic) bond motifs is 1. The molecule has 0 spiro atoms. The van der Waals surface area contributed by atoms with Gasteiger partial charge >= 0.3 is 0 Å². The van der Waals surface area contributed by atoms with Crippen molar-refractivity contribution in [3.8, 4) is 0 Å². The Hall–Kier alpha value is -2.88. The van der Waals surface area contributed by atoms with Crippen molar-refractivity contribution in [2.45, 2.75) is 24.8 Å². The van der Waals surface area contributed by atoms with Crippen LogP contribution < -0.4 is 10.9 Å². The molecule has 4 nitrogen and oxygen atoms in total. The fourth-order valence-corrected chi connectivity index (χ4v) is 3.33. The largest absolute Gasteiger partial charge is 0.348 e. The van der Waals surface area contributed by atoms with E-state index in [2.05, 4.69) is 22.4 Å². The second-order valence-corrected chi connectivity index (χ2v) is 6.35. The third kappa shape index (κ3) is 2.71. The summed E-state index contributed by atoms with van der Waals surface area (Å²) in [6, 6.07) is 19.5. The molecule has 0 bridgehead atoms. The van der Waals surface area contributed by atoms with Gasteiger partial charge in [-0.1, -0.05) is 48.5 Å². The van der Waals surface area contributed by atoms with Gasteiger partial charge in [-0.05, 0) is 41.8 Å². The average molecular weight is 318 g/mol. The highest BCUT2D eigenvalue weighted by Gasteiger charge is 2.31. The smallest absolute Gasteiger partial charge is 0.268 e. The molecule has 1 fully saturated rings. The lowest BCUT2D eigenvalue weighted by atomic mass is 9.76. The van der Waals surface area contributed by atoms with Crippen molar-refractivity contribution >= 4 is 16.7 Å². The fraction of sp³-hybridized carbons (Fsp3) is 0.200. The predicted molar refractivity (Wildman–Crippen MR) is 94.2 cm³/mol. The van der Waals surface area contributed by atoms with E-state index in [1.54, 1.807) is 12.1 Å². The Balaban J connectivity index is 1.45. The van der Waals surface area contributed by atoms with Gasteiger partial charge in [-0.2, -0.15) is 0 Å². The monoisotopic (exact) mass is 318 g/mol. The molecule has 0 atom stereocenters. The molecular weight excluding hydrogens is 300 g/mol. The number of carbonyl (C=O) groups is 1. The number of amides is 1. The topological polar surface area (TPSA) is 62.0 Å². The number of benzene rings is 2. The van der Waals surface area contributed by atoms with Gasteiger partial charge in [0.25, 0.3) is 11.5 Å². The van der Waals surface area contributed by atoms with Crippen molar-refractivity contribution < 1.29 is 4.79 Å². The van der Waals surface area contributed by atoms with E-state index in [0.29, 0.717) is 17.0 Å². The van der Waals surface area contributed by atoms with E-state index in [1.165, 1.54) is 5.56 Å². The zero-order valence-electron chi connectivity index (χ0n) is 13.2. The van der Waals surface area contributed by atoms with Crippen LogP contribution in [-0.2, 0) is 0 Å². The number of nitrogens with one attached hydrogen (secondary N) is 2. The molecule has 1 amide bonds. The molecule has 4 heteroatoms. The molecule has 1 aliphatic carbocycles. The first-order valence-corrected chi connectivity index (χ1v) is 8.18. The van der Waals surface area contributed by atoms with Crippen molar-refractivity contribution in [3.05, 3.63) is 82.3 Å². The lowest BCUT2D eigenvalue weighted by Gasteiger charge is -2.36. The summed E-state index contributed by atoms with van der Waals surface area (Å²) in [6.07, 6.45) is 1.88. The average Bonchev–Trinajstić information content (AvgIpc) is 2.58. The van der Waals surface area contributed by atoms with Gasteiger partial charge in [-0.3, -0.25) is 9.59 Å². The summed E-state index contributed by atoms with van der Waals surface area (Å²) < 4.78 is 0. The maximum atomic E-state index is 12.4.